The molecule has 2 rings (SSSR count). The SMILES string of the molecule is COC(=O)c1cn2c(n1)CCC(N)C2. The summed E-state index contributed by atoms with van der Waals surface area (Å²) >= 11 is 0. The maximum Gasteiger partial charge on any atom is 0.358 e. The van der Waals surface area contributed by atoms with Gasteiger partial charge >= 0.3 is 5.97 Å². The molecule has 0 spiro atoms. The van der Waals surface area contributed by atoms with Gasteiger partial charge in [0, 0.05) is 25.2 Å². The Morgan fingerprint density at radius 1 is 1.79 bits per heavy atom. The second kappa shape index (κ2) is 3.42. The van der Waals surface area contributed by atoms with Crippen molar-refractivity contribution >= 4 is 5.97 Å². The highest BCUT2D eigenvalue weighted by atomic mass is 16.5. The van der Waals surface area contributed by atoms with Gasteiger partial charge < -0.3 is 15.0 Å². The standard InChI is InChI=1S/C9H13N3O2/c1-14-9(13)7-5-12-4-6(10)2-3-8(12)11-7/h5-6H,2-4,10H2,1H3. The van der Waals surface area contributed by atoms with Gasteiger partial charge in [-0.05, 0) is 6.42 Å². The van der Waals surface area contributed by atoms with Crippen LogP contribution >= 0.6 is 0 Å². The lowest BCUT2D eigenvalue weighted by Gasteiger charge is -2.19. The minimum absolute atomic E-state index is 0.169. The van der Waals surface area contributed by atoms with Gasteiger partial charge in [0.25, 0.3) is 0 Å². The summed E-state index contributed by atoms with van der Waals surface area (Å²) in [4.78, 5) is 15.4. The largest absolute Gasteiger partial charge is 0.464 e. The second-order valence-electron chi connectivity index (χ2n) is 3.49. The highest BCUT2D eigenvalue weighted by Gasteiger charge is 2.20. The average molecular weight is 195 g/mol. The zero-order chi connectivity index (χ0) is 10.1. The smallest absolute Gasteiger partial charge is 0.358 e. The molecular weight excluding hydrogens is 182 g/mol. The van der Waals surface area contributed by atoms with Crippen LogP contribution in [0.3, 0.4) is 0 Å². The van der Waals surface area contributed by atoms with Crippen LogP contribution in [0.5, 0.6) is 0 Å². The third kappa shape index (κ3) is 1.50. The van der Waals surface area contributed by atoms with Gasteiger partial charge in [0.15, 0.2) is 5.69 Å². The van der Waals surface area contributed by atoms with Crippen LogP contribution in [0.2, 0.25) is 0 Å². The Hall–Kier alpha value is -1.36. The van der Waals surface area contributed by atoms with Crippen molar-refractivity contribution in [3.8, 4) is 0 Å². The van der Waals surface area contributed by atoms with Crippen LogP contribution in [0, 0.1) is 0 Å². The quantitative estimate of drug-likeness (QED) is 0.637. The Balaban J connectivity index is 2.27. The summed E-state index contributed by atoms with van der Waals surface area (Å²) in [7, 11) is 1.35. The first-order valence-electron chi connectivity index (χ1n) is 4.60. The van der Waals surface area contributed by atoms with E-state index in [0.717, 1.165) is 25.2 Å². The molecule has 0 aromatic carbocycles. The van der Waals surface area contributed by atoms with Crippen molar-refractivity contribution in [3.05, 3.63) is 17.7 Å². The summed E-state index contributed by atoms with van der Waals surface area (Å²) in [5, 5.41) is 0. The average Bonchev–Trinajstić information content (AvgIpc) is 2.59. The first-order valence-corrected chi connectivity index (χ1v) is 4.60. The molecule has 1 aliphatic rings. The van der Waals surface area contributed by atoms with E-state index >= 15 is 0 Å². The first kappa shape index (κ1) is 9.21. The molecule has 14 heavy (non-hydrogen) atoms. The van der Waals surface area contributed by atoms with Crippen LogP contribution < -0.4 is 5.73 Å². The number of methoxy groups -OCH3 is 1. The van der Waals surface area contributed by atoms with Crippen molar-refractivity contribution in [2.45, 2.75) is 25.4 Å². The van der Waals surface area contributed by atoms with Gasteiger partial charge in [-0.3, -0.25) is 0 Å². The zero-order valence-corrected chi connectivity index (χ0v) is 8.06. The normalized spacial score (nSPS) is 20.3. The maximum absolute atomic E-state index is 11.2. The van der Waals surface area contributed by atoms with Crippen LogP contribution in [-0.2, 0) is 17.7 Å². The number of ether oxygens (including phenoxy) is 1. The van der Waals surface area contributed by atoms with Gasteiger partial charge in [-0.25, -0.2) is 9.78 Å². The Morgan fingerprint density at radius 3 is 3.29 bits per heavy atom. The van der Waals surface area contributed by atoms with Crippen molar-refractivity contribution in [1.29, 1.82) is 0 Å². The zero-order valence-electron chi connectivity index (χ0n) is 8.06. The number of imidazole rings is 1. The molecule has 2 N–H and O–H groups in total. The molecule has 0 bridgehead atoms. The van der Waals surface area contributed by atoms with Gasteiger partial charge in [0.1, 0.15) is 5.82 Å². The molecule has 2 heterocycles. The Kier molecular flexibility index (Phi) is 2.25. The first-order chi connectivity index (χ1) is 6.70. The van der Waals surface area contributed by atoms with Crippen LogP contribution in [0.15, 0.2) is 6.20 Å². The summed E-state index contributed by atoms with van der Waals surface area (Å²) in [6, 6.07) is 0.169. The molecule has 0 radical (unpaired) electrons. The Bertz CT molecular complexity index is 359. The predicted molar refractivity (Wildman–Crippen MR) is 49.9 cm³/mol. The highest BCUT2D eigenvalue weighted by molar-refractivity contribution is 5.86. The Morgan fingerprint density at radius 2 is 2.57 bits per heavy atom. The van der Waals surface area contributed by atoms with E-state index in [1.165, 1.54) is 7.11 Å². The highest BCUT2D eigenvalue weighted by Crippen LogP contribution is 2.14. The molecule has 1 aliphatic heterocycles. The topological polar surface area (TPSA) is 70.1 Å². The van der Waals surface area contributed by atoms with E-state index in [0.29, 0.717) is 5.69 Å². The summed E-state index contributed by atoms with van der Waals surface area (Å²) < 4.78 is 6.53. The number of carbonyl (C=O) groups excluding carboxylic acids is 1. The van der Waals surface area contributed by atoms with Crippen molar-refractivity contribution in [2.24, 2.45) is 5.73 Å². The van der Waals surface area contributed by atoms with Crippen LogP contribution in [0.4, 0.5) is 0 Å². The molecule has 0 aliphatic carbocycles. The number of esters is 1. The minimum atomic E-state index is -0.388. The van der Waals surface area contributed by atoms with Gasteiger partial charge in [0.2, 0.25) is 0 Å². The molecule has 0 saturated carbocycles. The van der Waals surface area contributed by atoms with E-state index in [1.54, 1.807) is 6.20 Å². The fraction of sp³-hybridized carbons (Fsp3) is 0.556. The van der Waals surface area contributed by atoms with E-state index in [9.17, 15) is 4.79 Å². The Labute approximate surface area is 81.9 Å². The molecule has 0 fully saturated rings. The molecule has 0 saturated heterocycles. The lowest BCUT2D eigenvalue weighted by molar-refractivity contribution is 0.0594. The summed E-state index contributed by atoms with van der Waals surface area (Å²) in [6.45, 7) is 0.735. The van der Waals surface area contributed by atoms with Crippen LogP contribution in [0.1, 0.15) is 22.7 Å². The number of fused-ring (bicyclic) bond motifs is 1. The van der Waals surface area contributed by atoms with E-state index in [1.807, 2.05) is 4.57 Å². The van der Waals surface area contributed by atoms with Crippen LogP contribution in [0.25, 0.3) is 0 Å². The predicted octanol–water partition coefficient (Wildman–Crippen LogP) is -0.0568. The van der Waals surface area contributed by atoms with E-state index < -0.39 is 0 Å². The van der Waals surface area contributed by atoms with Crippen LogP contribution in [-0.4, -0.2) is 28.7 Å². The summed E-state index contributed by atoms with van der Waals surface area (Å²) in [5.74, 6) is 0.535. The number of nitrogens with two attached hydrogens (primary N) is 1. The van der Waals surface area contributed by atoms with Gasteiger partial charge in [-0.15, -0.1) is 0 Å². The fourth-order valence-corrected chi connectivity index (χ4v) is 1.67. The third-order valence-corrected chi connectivity index (χ3v) is 2.42. The van der Waals surface area contributed by atoms with Crippen molar-refractivity contribution in [1.82, 2.24) is 9.55 Å². The van der Waals surface area contributed by atoms with E-state index in [-0.39, 0.29) is 12.0 Å². The monoisotopic (exact) mass is 195 g/mol. The van der Waals surface area contributed by atoms with Crippen molar-refractivity contribution in [3.63, 3.8) is 0 Å². The molecule has 1 aromatic rings. The number of rotatable bonds is 1. The lowest BCUT2D eigenvalue weighted by atomic mass is 10.1. The molecule has 0 amide bonds. The molecule has 76 valence electrons. The molecule has 1 atom stereocenters. The third-order valence-electron chi connectivity index (χ3n) is 2.42. The fourth-order valence-electron chi connectivity index (χ4n) is 1.67. The molecular formula is C9H13N3O2. The maximum atomic E-state index is 11.2. The lowest BCUT2D eigenvalue weighted by Crippen LogP contribution is -2.31. The molecule has 5 heteroatoms. The van der Waals surface area contributed by atoms with Gasteiger partial charge in [0.05, 0.1) is 7.11 Å². The number of carbonyl (C=O) groups is 1. The molecule has 1 unspecified atom stereocenters. The molecule has 5 nitrogen and oxygen atoms in total. The minimum Gasteiger partial charge on any atom is -0.464 e. The number of hydrogen-bond acceptors (Lipinski definition) is 4. The van der Waals surface area contributed by atoms with Crippen molar-refractivity contribution in [2.75, 3.05) is 7.11 Å². The molecule has 1 aromatic heterocycles. The van der Waals surface area contributed by atoms with Crippen molar-refractivity contribution < 1.29 is 9.53 Å². The van der Waals surface area contributed by atoms with Gasteiger partial charge in [-0.2, -0.15) is 0 Å². The van der Waals surface area contributed by atoms with E-state index in [4.69, 9.17) is 5.73 Å². The van der Waals surface area contributed by atoms with E-state index in [2.05, 4.69) is 9.72 Å². The van der Waals surface area contributed by atoms with Gasteiger partial charge in [-0.1, -0.05) is 0 Å². The number of aryl methyl sites for hydroxylation is 1. The number of aromatic nitrogens is 2. The number of nitrogens with zero attached hydrogens (tertiary/aromatic N) is 2. The summed E-state index contributed by atoms with van der Waals surface area (Å²) in [6.07, 6.45) is 3.47. The number of hydrogen-bond donors (Lipinski definition) is 1. The summed E-state index contributed by atoms with van der Waals surface area (Å²) in [5.41, 5.74) is 6.17. The second-order valence-corrected chi connectivity index (χ2v) is 3.49.